The Kier molecular flexibility index (Phi) is 3.83. The van der Waals surface area contributed by atoms with E-state index in [0.29, 0.717) is 17.9 Å². The van der Waals surface area contributed by atoms with Gasteiger partial charge in [-0.05, 0) is 37.1 Å². The SMILES string of the molecule is Cc1ccc(CN2C(=O)N[C@](C)(Cc3ccc4c(c3)OCO4)C2=O)cc1. The molecule has 6 nitrogen and oxygen atoms in total. The summed E-state index contributed by atoms with van der Waals surface area (Å²) >= 11 is 0. The van der Waals surface area contributed by atoms with Crippen LogP contribution >= 0.6 is 0 Å². The monoisotopic (exact) mass is 352 g/mol. The summed E-state index contributed by atoms with van der Waals surface area (Å²) in [6.07, 6.45) is 0.388. The Bertz CT molecular complexity index is 878. The van der Waals surface area contributed by atoms with Crippen molar-refractivity contribution in [3.05, 3.63) is 59.2 Å². The number of hydrogen-bond acceptors (Lipinski definition) is 4. The molecule has 2 aromatic rings. The molecule has 0 radical (unpaired) electrons. The first kappa shape index (κ1) is 16.4. The number of carbonyl (C=O) groups excluding carboxylic acids is 2. The lowest BCUT2D eigenvalue weighted by Gasteiger charge is -2.22. The van der Waals surface area contributed by atoms with Gasteiger partial charge in [-0.2, -0.15) is 0 Å². The molecule has 1 atom stereocenters. The van der Waals surface area contributed by atoms with Crippen molar-refractivity contribution >= 4 is 11.9 Å². The molecule has 6 heteroatoms. The standard InChI is InChI=1S/C20H20N2O4/c1-13-3-5-14(6-4-13)11-22-18(23)20(2,21-19(22)24)10-15-7-8-16-17(9-15)26-12-25-16/h3-9H,10-12H2,1-2H3,(H,21,24)/t20-/m1/s1. The fourth-order valence-corrected chi connectivity index (χ4v) is 3.35. The number of aryl methyl sites for hydroxylation is 1. The highest BCUT2D eigenvalue weighted by Gasteiger charge is 2.47. The molecule has 4 rings (SSSR count). The third-order valence-corrected chi connectivity index (χ3v) is 4.80. The molecule has 2 aliphatic heterocycles. The first-order valence-electron chi connectivity index (χ1n) is 8.53. The fourth-order valence-electron chi connectivity index (χ4n) is 3.35. The van der Waals surface area contributed by atoms with Crippen LogP contribution in [0.4, 0.5) is 4.79 Å². The van der Waals surface area contributed by atoms with Gasteiger partial charge in [0.2, 0.25) is 6.79 Å². The van der Waals surface area contributed by atoms with Gasteiger partial charge in [0.15, 0.2) is 11.5 Å². The maximum atomic E-state index is 12.9. The molecule has 134 valence electrons. The van der Waals surface area contributed by atoms with Crippen molar-refractivity contribution in [3.63, 3.8) is 0 Å². The molecular formula is C20H20N2O4. The average molecular weight is 352 g/mol. The van der Waals surface area contributed by atoms with Crippen LogP contribution in [-0.2, 0) is 17.8 Å². The number of benzene rings is 2. The highest BCUT2D eigenvalue weighted by atomic mass is 16.7. The number of rotatable bonds is 4. The van der Waals surface area contributed by atoms with Gasteiger partial charge in [0.05, 0.1) is 6.54 Å². The van der Waals surface area contributed by atoms with Crippen LogP contribution in [0.2, 0.25) is 0 Å². The minimum absolute atomic E-state index is 0.204. The number of nitrogens with zero attached hydrogens (tertiary/aromatic N) is 1. The van der Waals surface area contributed by atoms with E-state index in [-0.39, 0.29) is 25.3 Å². The molecule has 0 spiro atoms. The Labute approximate surface area is 151 Å². The molecule has 2 aromatic carbocycles. The van der Waals surface area contributed by atoms with Crippen LogP contribution in [-0.4, -0.2) is 29.2 Å². The number of amides is 3. The number of nitrogens with one attached hydrogen (secondary N) is 1. The molecule has 2 aliphatic rings. The molecule has 0 saturated carbocycles. The van der Waals surface area contributed by atoms with Crippen LogP contribution in [0.1, 0.15) is 23.6 Å². The predicted octanol–water partition coefficient (Wildman–Crippen LogP) is 2.78. The second-order valence-electron chi connectivity index (χ2n) is 7.00. The summed E-state index contributed by atoms with van der Waals surface area (Å²) in [6, 6.07) is 13.0. The van der Waals surface area contributed by atoms with Crippen LogP contribution in [0.25, 0.3) is 0 Å². The van der Waals surface area contributed by atoms with E-state index in [0.717, 1.165) is 16.7 Å². The molecule has 2 heterocycles. The summed E-state index contributed by atoms with van der Waals surface area (Å²) in [5.41, 5.74) is 1.99. The smallest absolute Gasteiger partial charge is 0.325 e. The molecule has 0 bridgehead atoms. The van der Waals surface area contributed by atoms with E-state index in [4.69, 9.17) is 9.47 Å². The highest BCUT2D eigenvalue weighted by Crippen LogP contribution is 2.34. The van der Waals surface area contributed by atoms with Crippen LogP contribution in [0.15, 0.2) is 42.5 Å². The Morgan fingerprint density at radius 2 is 1.73 bits per heavy atom. The normalized spacial score (nSPS) is 21.2. The lowest BCUT2D eigenvalue weighted by Crippen LogP contribution is -2.45. The topological polar surface area (TPSA) is 67.9 Å². The maximum Gasteiger partial charge on any atom is 0.325 e. The summed E-state index contributed by atoms with van der Waals surface area (Å²) in [4.78, 5) is 26.6. The molecule has 0 unspecified atom stereocenters. The van der Waals surface area contributed by atoms with Crippen molar-refractivity contribution in [1.29, 1.82) is 0 Å². The third kappa shape index (κ3) is 2.87. The quantitative estimate of drug-likeness (QED) is 0.859. The van der Waals surface area contributed by atoms with Gasteiger partial charge in [0, 0.05) is 6.42 Å². The van der Waals surface area contributed by atoms with E-state index in [1.165, 1.54) is 4.90 Å². The Morgan fingerprint density at radius 3 is 2.50 bits per heavy atom. The zero-order valence-corrected chi connectivity index (χ0v) is 14.7. The first-order chi connectivity index (χ1) is 12.4. The van der Waals surface area contributed by atoms with E-state index in [1.807, 2.05) is 49.4 Å². The number of hydrogen-bond donors (Lipinski definition) is 1. The lowest BCUT2D eigenvalue weighted by atomic mass is 9.92. The van der Waals surface area contributed by atoms with Crippen molar-refractivity contribution in [2.45, 2.75) is 32.4 Å². The minimum Gasteiger partial charge on any atom is -0.454 e. The number of fused-ring (bicyclic) bond motifs is 1. The van der Waals surface area contributed by atoms with Gasteiger partial charge in [-0.3, -0.25) is 9.69 Å². The Balaban J connectivity index is 1.52. The molecular weight excluding hydrogens is 332 g/mol. The summed E-state index contributed by atoms with van der Waals surface area (Å²) in [6.45, 7) is 4.23. The van der Waals surface area contributed by atoms with E-state index in [1.54, 1.807) is 6.92 Å². The largest absolute Gasteiger partial charge is 0.454 e. The van der Waals surface area contributed by atoms with Gasteiger partial charge >= 0.3 is 6.03 Å². The van der Waals surface area contributed by atoms with Crippen LogP contribution in [0.3, 0.4) is 0 Å². The number of imide groups is 1. The maximum absolute atomic E-state index is 12.9. The van der Waals surface area contributed by atoms with Gasteiger partial charge in [-0.15, -0.1) is 0 Å². The second-order valence-corrected chi connectivity index (χ2v) is 7.00. The van der Waals surface area contributed by atoms with E-state index >= 15 is 0 Å². The summed E-state index contributed by atoms with van der Waals surface area (Å²) in [7, 11) is 0. The molecule has 1 N–H and O–H groups in total. The summed E-state index contributed by atoms with van der Waals surface area (Å²) < 4.78 is 10.7. The molecule has 1 fully saturated rings. The molecule has 0 aliphatic carbocycles. The molecule has 3 amide bonds. The predicted molar refractivity (Wildman–Crippen MR) is 94.9 cm³/mol. The van der Waals surface area contributed by atoms with Crippen LogP contribution in [0, 0.1) is 6.92 Å². The lowest BCUT2D eigenvalue weighted by molar-refractivity contribution is -0.131. The van der Waals surface area contributed by atoms with E-state index < -0.39 is 5.54 Å². The van der Waals surface area contributed by atoms with Gasteiger partial charge in [-0.25, -0.2) is 4.79 Å². The number of urea groups is 1. The first-order valence-corrected chi connectivity index (χ1v) is 8.53. The average Bonchev–Trinajstić information content (AvgIpc) is 3.15. The molecule has 0 aromatic heterocycles. The highest BCUT2D eigenvalue weighted by molar-refractivity contribution is 6.06. The van der Waals surface area contributed by atoms with E-state index in [9.17, 15) is 9.59 Å². The van der Waals surface area contributed by atoms with Crippen molar-refractivity contribution in [1.82, 2.24) is 10.2 Å². The van der Waals surface area contributed by atoms with Gasteiger partial charge in [0.1, 0.15) is 5.54 Å². The Morgan fingerprint density at radius 1 is 1.04 bits per heavy atom. The summed E-state index contributed by atoms with van der Waals surface area (Å²) in [5.74, 6) is 1.14. The van der Waals surface area contributed by atoms with Crippen LogP contribution < -0.4 is 14.8 Å². The zero-order chi connectivity index (χ0) is 18.3. The van der Waals surface area contributed by atoms with Crippen molar-refractivity contribution in [2.75, 3.05) is 6.79 Å². The van der Waals surface area contributed by atoms with Gasteiger partial charge < -0.3 is 14.8 Å². The van der Waals surface area contributed by atoms with E-state index in [2.05, 4.69) is 5.32 Å². The van der Waals surface area contributed by atoms with Crippen LogP contribution in [0.5, 0.6) is 11.5 Å². The number of ether oxygens (including phenoxy) is 2. The third-order valence-electron chi connectivity index (χ3n) is 4.80. The van der Waals surface area contributed by atoms with Gasteiger partial charge in [0.25, 0.3) is 5.91 Å². The zero-order valence-electron chi connectivity index (χ0n) is 14.7. The number of carbonyl (C=O) groups is 2. The molecule has 1 saturated heterocycles. The molecule has 26 heavy (non-hydrogen) atoms. The van der Waals surface area contributed by atoms with Crippen molar-refractivity contribution < 1.29 is 19.1 Å². The summed E-state index contributed by atoms with van der Waals surface area (Å²) in [5, 5.41) is 2.84. The Hall–Kier alpha value is -3.02. The fraction of sp³-hybridized carbons (Fsp3) is 0.300. The van der Waals surface area contributed by atoms with Crippen molar-refractivity contribution in [3.8, 4) is 11.5 Å². The minimum atomic E-state index is -0.977. The van der Waals surface area contributed by atoms with Crippen molar-refractivity contribution in [2.24, 2.45) is 0 Å². The second kappa shape index (κ2) is 6.05. The van der Waals surface area contributed by atoms with Gasteiger partial charge in [-0.1, -0.05) is 35.9 Å².